The third-order valence-electron chi connectivity index (χ3n) is 9.62. The molecule has 0 heterocycles. The highest BCUT2D eigenvalue weighted by molar-refractivity contribution is 5.73. The van der Waals surface area contributed by atoms with Crippen molar-refractivity contribution < 1.29 is 34.4 Å². The Kier molecular flexibility index (Phi) is 12.0. The molecule has 0 fully saturated rings. The maximum atomic E-state index is 13.4. The van der Waals surface area contributed by atoms with Gasteiger partial charge in [-0.2, -0.15) is 0 Å². The van der Waals surface area contributed by atoms with E-state index in [0.29, 0.717) is 6.42 Å². The molecule has 7 heteroatoms. The number of hydrogen-bond acceptors (Lipinski definition) is 7. The number of rotatable bonds is 12. The van der Waals surface area contributed by atoms with Crippen LogP contribution >= 0.6 is 0 Å². The third kappa shape index (κ3) is 9.49. The van der Waals surface area contributed by atoms with E-state index < -0.39 is 22.8 Å². The molecule has 3 rings (SSSR count). The highest BCUT2D eigenvalue weighted by Gasteiger charge is 2.36. The molecule has 0 saturated carbocycles. The van der Waals surface area contributed by atoms with Crippen molar-refractivity contribution in [2.75, 3.05) is 13.2 Å². The predicted molar refractivity (Wildman–Crippen MR) is 200 cm³/mol. The Morgan fingerprint density at radius 3 is 1.28 bits per heavy atom. The zero-order chi connectivity index (χ0) is 37.9. The lowest BCUT2D eigenvalue weighted by Crippen LogP contribution is -2.30. The Hall–Kier alpha value is -4.26. The Morgan fingerprint density at radius 1 is 0.580 bits per heavy atom. The van der Waals surface area contributed by atoms with Gasteiger partial charge in [-0.1, -0.05) is 119 Å². The van der Waals surface area contributed by atoms with E-state index in [-0.39, 0.29) is 59.5 Å². The van der Waals surface area contributed by atoms with Gasteiger partial charge in [0.15, 0.2) is 0 Å². The smallest absolute Gasteiger partial charge is 0.307 e. The molecule has 0 amide bonds. The van der Waals surface area contributed by atoms with Crippen molar-refractivity contribution in [3.8, 4) is 17.2 Å². The van der Waals surface area contributed by atoms with Crippen LogP contribution in [0.5, 0.6) is 17.2 Å². The fraction of sp³-hybridized carbons (Fsp3) is 0.488. The fourth-order valence-electron chi connectivity index (χ4n) is 6.24. The van der Waals surface area contributed by atoms with E-state index in [1.54, 1.807) is 30.3 Å². The molecule has 0 aliphatic heterocycles. The van der Waals surface area contributed by atoms with Gasteiger partial charge in [-0.25, -0.2) is 0 Å². The molecule has 0 saturated heterocycles. The number of esters is 2. The Labute approximate surface area is 299 Å². The van der Waals surface area contributed by atoms with Gasteiger partial charge in [-0.15, -0.1) is 6.58 Å². The van der Waals surface area contributed by atoms with E-state index in [1.165, 1.54) is 0 Å². The van der Waals surface area contributed by atoms with E-state index >= 15 is 0 Å². The average molecular weight is 687 g/mol. The summed E-state index contributed by atoms with van der Waals surface area (Å²) in [6.45, 7) is 26.2. The lowest BCUT2D eigenvalue weighted by Gasteiger charge is -2.33. The van der Waals surface area contributed by atoms with Crippen molar-refractivity contribution in [1.29, 1.82) is 0 Å². The van der Waals surface area contributed by atoms with Crippen molar-refractivity contribution in [2.45, 2.75) is 122 Å². The van der Waals surface area contributed by atoms with E-state index in [0.717, 1.165) is 33.4 Å². The van der Waals surface area contributed by atoms with Gasteiger partial charge in [0.2, 0.25) is 0 Å². The van der Waals surface area contributed by atoms with Crippen molar-refractivity contribution in [2.24, 2.45) is 0 Å². The number of hydrogen-bond donors (Lipinski definition) is 3. The molecule has 0 spiro atoms. The van der Waals surface area contributed by atoms with Crippen LogP contribution in [0.4, 0.5) is 0 Å². The summed E-state index contributed by atoms with van der Waals surface area (Å²) in [7, 11) is 0. The topological polar surface area (TPSA) is 113 Å². The molecular weight excluding hydrogens is 628 g/mol. The van der Waals surface area contributed by atoms with Gasteiger partial charge in [0.25, 0.3) is 0 Å². The molecule has 3 N–H and O–H groups in total. The predicted octanol–water partition coefficient (Wildman–Crippen LogP) is 9.40. The molecule has 0 aromatic heterocycles. The number of benzene rings is 3. The van der Waals surface area contributed by atoms with E-state index in [4.69, 9.17) is 9.47 Å². The largest absolute Gasteiger partial charge is 0.508 e. The fourth-order valence-corrected chi connectivity index (χ4v) is 6.24. The zero-order valence-electron chi connectivity index (χ0n) is 32.0. The van der Waals surface area contributed by atoms with Crippen molar-refractivity contribution in [3.63, 3.8) is 0 Å². The Bertz CT molecular complexity index is 1630. The number of phenols is 3. The van der Waals surface area contributed by atoms with Crippen LogP contribution in [0.25, 0.3) is 0 Å². The highest BCUT2D eigenvalue weighted by Crippen LogP contribution is 2.43. The molecule has 0 aliphatic carbocycles. The summed E-state index contributed by atoms with van der Waals surface area (Å²) in [5.74, 6) is -0.238. The first-order valence-corrected chi connectivity index (χ1v) is 17.4. The summed E-state index contributed by atoms with van der Waals surface area (Å²) < 4.78 is 11.2. The SMILES string of the molecule is C=CC(C)(CC(=O)OCCCOC(=O)CC(C)(c1ccc(O)c(C(C)(C)C)c1)c1ccc(O)c(C(C)(C)C)c1)c1ccc(O)c(C(C)(C)C)c1. The first-order chi connectivity index (χ1) is 22.9. The molecule has 1 unspecified atom stereocenters. The molecule has 7 nitrogen and oxygen atoms in total. The van der Waals surface area contributed by atoms with Crippen LogP contribution in [-0.2, 0) is 46.1 Å². The third-order valence-corrected chi connectivity index (χ3v) is 9.62. The van der Waals surface area contributed by atoms with Crippen LogP contribution in [0.15, 0.2) is 67.3 Å². The Morgan fingerprint density at radius 2 is 0.920 bits per heavy atom. The zero-order valence-corrected chi connectivity index (χ0v) is 32.0. The summed E-state index contributed by atoms with van der Waals surface area (Å²) in [5.41, 5.74) is 2.33. The minimum atomic E-state index is -0.846. The van der Waals surface area contributed by atoms with Gasteiger partial charge in [-0.05, 0) is 67.8 Å². The molecule has 272 valence electrons. The normalized spacial score (nSPS) is 13.7. The molecule has 50 heavy (non-hydrogen) atoms. The van der Waals surface area contributed by atoms with E-state index in [2.05, 4.69) is 6.58 Å². The first-order valence-electron chi connectivity index (χ1n) is 17.4. The number of allylic oxidation sites excluding steroid dienone is 1. The number of ether oxygens (including phenoxy) is 2. The summed E-state index contributed by atoms with van der Waals surface area (Å²) in [6.07, 6.45) is 2.13. The average Bonchev–Trinajstić information content (AvgIpc) is 2.99. The summed E-state index contributed by atoms with van der Waals surface area (Å²) in [6, 6.07) is 16.3. The van der Waals surface area contributed by atoms with E-state index in [9.17, 15) is 24.9 Å². The van der Waals surface area contributed by atoms with Crippen LogP contribution in [-0.4, -0.2) is 40.5 Å². The summed E-state index contributed by atoms with van der Waals surface area (Å²) in [4.78, 5) is 26.4. The van der Waals surface area contributed by atoms with Gasteiger partial charge in [0.05, 0.1) is 26.1 Å². The quantitative estimate of drug-likeness (QED) is 0.0988. The van der Waals surface area contributed by atoms with E-state index in [1.807, 2.05) is 106 Å². The maximum absolute atomic E-state index is 13.4. The van der Waals surface area contributed by atoms with Crippen LogP contribution in [0.2, 0.25) is 0 Å². The molecule has 3 aromatic carbocycles. The lowest BCUT2D eigenvalue weighted by molar-refractivity contribution is -0.147. The second kappa shape index (κ2) is 14.9. The number of carbonyl (C=O) groups excluding carboxylic acids is 2. The second-order valence-corrected chi connectivity index (χ2v) is 17.0. The lowest BCUT2D eigenvalue weighted by atomic mass is 9.70. The number of phenolic OH excluding ortho intramolecular Hbond substituents is 3. The number of carbonyl (C=O) groups is 2. The van der Waals surface area contributed by atoms with Gasteiger partial charge in [0, 0.05) is 17.3 Å². The molecule has 3 aromatic rings. The van der Waals surface area contributed by atoms with Crippen LogP contribution in [0.1, 0.15) is 129 Å². The number of aromatic hydroxyl groups is 3. The standard InChI is InChI=1S/C43H58O7/c1-13-42(11,28-15-18-34(44)31(23-28)39(2,3)4)26-37(47)49-21-14-22-50-38(48)27-43(12,29-16-19-35(45)32(24-29)40(5,6)7)30-17-20-36(46)33(25-30)41(8,9)10/h13,15-20,23-25,44-46H,1,14,21-22,26-27H2,2-12H3. The molecule has 0 radical (unpaired) electrons. The van der Waals surface area contributed by atoms with Gasteiger partial charge in [-0.3, -0.25) is 9.59 Å². The van der Waals surface area contributed by atoms with Crippen molar-refractivity contribution in [1.82, 2.24) is 0 Å². The van der Waals surface area contributed by atoms with Gasteiger partial charge in [0.1, 0.15) is 17.2 Å². The minimum absolute atomic E-state index is 0.0103. The van der Waals surface area contributed by atoms with Crippen molar-refractivity contribution >= 4 is 11.9 Å². The van der Waals surface area contributed by atoms with Gasteiger partial charge < -0.3 is 24.8 Å². The van der Waals surface area contributed by atoms with Crippen LogP contribution in [0, 0.1) is 0 Å². The first kappa shape index (κ1) is 40.2. The van der Waals surface area contributed by atoms with Gasteiger partial charge >= 0.3 is 11.9 Å². The minimum Gasteiger partial charge on any atom is -0.508 e. The monoisotopic (exact) mass is 686 g/mol. The van der Waals surface area contributed by atoms with Crippen molar-refractivity contribution in [3.05, 3.63) is 101 Å². The molecule has 1 atom stereocenters. The highest BCUT2D eigenvalue weighted by atomic mass is 16.5. The molecule has 0 bridgehead atoms. The maximum Gasteiger partial charge on any atom is 0.307 e. The summed E-state index contributed by atoms with van der Waals surface area (Å²) in [5, 5.41) is 31.8. The van der Waals surface area contributed by atoms with Crippen LogP contribution in [0.3, 0.4) is 0 Å². The molecular formula is C43H58O7. The Balaban J connectivity index is 1.72. The van der Waals surface area contributed by atoms with Crippen LogP contribution < -0.4 is 0 Å². The molecule has 0 aliphatic rings. The second-order valence-electron chi connectivity index (χ2n) is 17.0. The summed E-state index contributed by atoms with van der Waals surface area (Å²) >= 11 is 0.